The molecular weight excluding hydrogens is 354 g/mol. The molecule has 0 aliphatic heterocycles. The topological polar surface area (TPSA) is 60.7 Å². The van der Waals surface area contributed by atoms with Crippen molar-refractivity contribution >= 4 is 33.5 Å². The zero-order valence-electron chi connectivity index (χ0n) is 16.0. The summed E-state index contributed by atoms with van der Waals surface area (Å²) in [5.74, 6) is 0.962. The Balaban J connectivity index is 1.55. The highest BCUT2D eigenvalue weighted by atomic mass is 16.5. The summed E-state index contributed by atoms with van der Waals surface area (Å²) in [4.78, 5) is 12.4. The Kier molecular flexibility index (Phi) is 4.65. The molecule has 1 aromatic heterocycles. The van der Waals surface area contributed by atoms with Gasteiger partial charge in [-0.1, -0.05) is 24.3 Å². The van der Waals surface area contributed by atoms with E-state index < -0.39 is 0 Å². The molecule has 28 heavy (non-hydrogen) atoms. The minimum Gasteiger partial charge on any atom is -0.495 e. The van der Waals surface area contributed by atoms with Gasteiger partial charge in [0, 0.05) is 16.8 Å². The van der Waals surface area contributed by atoms with Crippen molar-refractivity contribution in [3.8, 4) is 11.5 Å². The summed E-state index contributed by atoms with van der Waals surface area (Å²) < 4.78 is 17.0. The van der Waals surface area contributed by atoms with E-state index in [2.05, 4.69) is 5.32 Å². The number of hydrogen-bond acceptors (Lipinski definition) is 4. The Bertz CT molecular complexity index is 1180. The lowest BCUT2D eigenvalue weighted by atomic mass is 10.1. The first kappa shape index (κ1) is 17.9. The first-order valence-electron chi connectivity index (χ1n) is 9.04. The van der Waals surface area contributed by atoms with Crippen LogP contribution in [0.25, 0.3) is 21.9 Å². The van der Waals surface area contributed by atoms with Crippen molar-refractivity contribution in [1.29, 1.82) is 0 Å². The van der Waals surface area contributed by atoms with Crippen LogP contribution in [-0.2, 0) is 4.79 Å². The maximum atomic E-state index is 12.4. The molecule has 1 N–H and O–H groups in total. The van der Waals surface area contributed by atoms with Gasteiger partial charge >= 0.3 is 0 Å². The Labute approximate surface area is 162 Å². The molecule has 0 radical (unpaired) electrons. The summed E-state index contributed by atoms with van der Waals surface area (Å²) in [5, 5.41) is 4.79. The molecular formula is C23H21NO4. The highest BCUT2D eigenvalue weighted by Crippen LogP contribution is 2.36. The van der Waals surface area contributed by atoms with Crippen molar-refractivity contribution in [3.05, 3.63) is 65.7 Å². The molecule has 4 rings (SSSR count). The fourth-order valence-electron chi connectivity index (χ4n) is 3.16. The van der Waals surface area contributed by atoms with E-state index in [1.807, 2.05) is 62.4 Å². The third-order valence-corrected chi connectivity index (χ3v) is 4.82. The number of benzene rings is 3. The zero-order valence-corrected chi connectivity index (χ0v) is 16.0. The number of carbonyl (C=O) groups excluding carboxylic acids is 1. The van der Waals surface area contributed by atoms with Crippen LogP contribution in [0.1, 0.15) is 11.1 Å². The van der Waals surface area contributed by atoms with Gasteiger partial charge in [0.1, 0.15) is 22.7 Å². The molecule has 0 saturated carbocycles. The average molecular weight is 375 g/mol. The number of furan rings is 1. The standard InChI is InChI=1S/C23H21NO4/c1-14-8-9-16(10-15(14)2)27-13-23(25)24-19-12-21-18(11-22(19)26-3)17-6-4-5-7-20(17)28-21/h4-12H,13H2,1-3H3,(H,24,25). The van der Waals surface area contributed by atoms with E-state index in [-0.39, 0.29) is 12.5 Å². The fourth-order valence-corrected chi connectivity index (χ4v) is 3.16. The number of hydrogen-bond donors (Lipinski definition) is 1. The summed E-state index contributed by atoms with van der Waals surface area (Å²) >= 11 is 0. The SMILES string of the molecule is COc1cc2c(cc1NC(=O)COc1ccc(C)c(C)c1)oc1ccccc12. The molecule has 0 bridgehead atoms. The summed E-state index contributed by atoms with van der Waals surface area (Å²) in [7, 11) is 1.57. The van der Waals surface area contributed by atoms with Gasteiger partial charge in [0.05, 0.1) is 12.8 Å². The fraction of sp³-hybridized carbons (Fsp3) is 0.174. The molecule has 4 aromatic rings. The maximum absolute atomic E-state index is 12.4. The van der Waals surface area contributed by atoms with Gasteiger partial charge in [-0.25, -0.2) is 0 Å². The van der Waals surface area contributed by atoms with Crippen LogP contribution in [-0.4, -0.2) is 19.6 Å². The van der Waals surface area contributed by atoms with Gasteiger partial charge < -0.3 is 19.2 Å². The van der Waals surface area contributed by atoms with E-state index in [0.29, 0.717) is 22.8 Å². The zero-order chi connectivity index (χ0) is 19.7. The van der Waals surface area contributed by atoms with Gasteiger partial charge in [0.15, 0.2) is 6.61 Å². The highest BCUT2D eigenvalue weighted by molar-refractivity contribution is 6.07. The summed E-state index contributed by atoms with van der Waals surface area (Å²) in [6.45, 7) is 3.95. The van der Waals surface area contributed by atoms with E-state index in [4.69, 9.17) is 13.9 Å². The summed E-state index contributed by atoms with van der Waals surface area (Å²) in [6, 6.07) is 17.2. The van der Waals surface area contributed by atoms with Crippen molar-refractivity contribution in [2.24, 2.45) is 0 Å². The molecule has 0 saturated heterocycles. The molecule has 5 nitrogen and oxygen atoms in total. The molecule has 0 spiro atoms. The first-order valence-corrected chi connectivity index (χ1v) is 9.04. The van der Waals surface area contributed by atoms with Gasteiger partial charge in [-0.2, -0.15) is 0 Å². The molecule has 1 amide bonds. The predicted octanol–water partition coefficient (Wildman–Crippen LogP) is 5.23. The number of amides is 1. The normalized spacial score (nSPS) is 11.0. The number of rotatable bonds is 5. The van der Waals surface area contributed by atoms with Crippen LogP contribution >= 0.6 is 0 Å². The van der Waals surface area contributed by atoms with Crippen molar-refractivity contribution in [2.45, 2.75) is 13.8 Å². The molecule has 1 heterocycles. The van der Waals surface area contributed by atoms with Crippen LogP contribution in [0, 0.1) is 13.8 Å². The van der Waals surface area contributed by atoms with Gasteiger partial charge in [0.25, 0.3) is 5.91 Å². The number of nitrogens with one attached hydrogen (secondary N) is 1. The first-order chi connectivity index (χ1) is 13.5. The minimum absolute atomic E-state index is 0.0934. The molecule has 3 aromatic carbocycles. The lowest BCUT2D eigenvalue weighted by Gasteiger charge is -2.11. The minimum atomic E-state index is -0.271. The lowest BCUT2D eigenvalue weighted by molar-refractivity contribution is -0.118. The smallest absolute Gasteiger partial charge is 0.262 e. The largest absolute Gasteiger partial charge is 0.495 e. The van der Waals surface area contributed by atoms with Crippen LogP contribution in [0.3, 0.4) is 0 Å². The lowest BCUT2D eigenvalue weighted by Crippen LogP contribution is -2.20. The molecule has 0 atom stereocenters. The van der Waals surface area contributed by atoms with E-state index >= 15 is 0 Å². The average Bonchev–Trinajstić information content (AvgIpc) is 3.05. The Hall–Kier alpha value is -3.47. The van der Waals surface area contributed by atoms with Crippen LogP contribution < -0.4 is 14.8 Å². The summed E-state index contributed by atoms with van der Waals surface area (Å²) in [5.41, 5.74) is 4.33. The highest BCUT2D eigenvalue weighted by Gasteiger charge is 2.14. The van der Waals surface area contributed by atoms with E-state index in [9.17, 15) is 4.79 Å². The monoisotopic (exact) mass is 375 g/mol. The molecule has 0 aliphatic carbocycles. The second-order valence-electron chi connectivity index (χ2n) is 6.73. The number of anilines is 1. The maximum Gasteiger partial charge on any atom is 0.262 e. The van der Waals surface area contributed by atoms with E-state index in [0.717, 1.165) is 21.9 Å². The van der Waals surface area contributed by atoms with Crippen LogP contribution in [0.15, 0.2) is 59.0 Å². The third-order valence-electron chi connectivity index (χ3n) is 4.82. The number of carbonyl (C=O) groups is 1. The van der Waals surface area contributed by atoms with Crippen molar-refractivity contribution in [1.82, 2.24) is 0 Å². The van der Waals surface area contributed by atoms with Gasteiger partial charge in [0.2, 0.25) is 0 Å². The second kappa shape index (κ2) is 7.27. The van der Waals surface area contributed by atoms with E-state index in [1.165, 1.54) is 5.56 Å². The van der Waals surface area contributed by atoms with Crippen molar-refractivity contribution < 1.29 is 18.7 Å². The Morgan fingerprint density at radius 3 is 2.57 bits per heavy atom. The van der Waals surface area contributed by atoms with Gasteiger partial charge in [-0.05, 0) is 49.2 Å². The number of para-hydroxylation sites is 1. The van der Waals surface area contributed by atoms with Gasteiger partial charge in [-0.15, -0.1) is 0 Å². The quantitative estimate of drug-likeness (QED) is 0.519. The Morgan fingerprint density at radius 1 is 0.964 bits per heavy atom. The number of methoxy groups -OCH3 is 1. The van der Waals surface area contributed by atoms with E-state index in [1.54, 1.807) is 13.2 Å². The van der Waals surface area contributed by atoms with Gasteiger partial charge in [-0.3, -0.25) is 4.79 Å². The molecule has 5 heteroatoms. The van der Waals surface area contributed by atoms with Crippen LogP contribution in [0.5, 0.6) is 11.5 Å². The van der Waals surface area contributed by atoms with Crippen LogP contribution in [0.2, 0.25) is 0 Å². The summed E-state index contributed by atoms with van der Waals surface area (Å²) in [6.07, 6.45) is 0. The number of aryl methyl sites for hydroxylation is 2. The second-order valence-corrected chi connectivity index (χ2v) is 6.73. The predicted molar refractivity (Wildman–Crippen MR) is 110 cm³/mol. The molecule has 0 fully saturated rings. The third kappa shape index (κ3) is 3.39. The van der Waals surface area contributed by atoms with Crippen LogP contribution in [0.4, 0.5) is 5.69 Å². The van der Waals surface area contributed by atoms with Crippen molar-refractivity contribution in [3.63, 3.8) is 0 Å². The Morgan fingerprint density at radius 2 is 1.79 bits per heavy atom. The number of fused-ring (bicyclic) bond motifs is 3. The molecule has 0 unspecified atom stereocenters. The molecule has 0 aliphatic rings. The van der Waals surface area contributed by atoms with Crippen molar-refractivity contribution in [2.75, 3.05) is 19.0 Å². The number of ether oxygens (including phenoxy) is 2. The molecule has 142 valence electrons.